The first kappa shape index (κ1) is 25.9. The minimum atomic E-state index is -2.16. The van der Waals surface area contributed by atoms with Crippen molar-refractivity contribution in [1.29, 1.82) is 0 Å². The zero-order chi connectivity index (χ0) is 24.7. The number of aliphatic hydroxyl groups is 4. The van der Waals surface area contributed by atoms with E-state index >= 15 is 0 Å². The summed E-state index contributed by atoms with van der Waals surface area (Å²) in [6.07, 6.45) is -2.37. The molecule has 2 aliphatic heterocycles. The van der Waals surface area contributed by atoms with Crippen molar-refractivity contribution in [1.82, 2.24) is 5.32 Å². The van der Waals surface area contributed by atoms with Gasteiger partial charge >= 0.3 is 0 Å². The van der Waals surface area contributed by atoms with Gasteiger partial charge in [-0.25, -0.2) is 4.39 Å². The van der Waals surface area contributed by atoms with Crippen LogP contribution in [-0.4, -0.2) is 81.7 Å². The van der Waals surface area contributed by atoms with Gasteiger partial charge < -0.3 is 40.0 Å². The van der Waals surface area contributed by atoms with Gasteiger partial charge in [-0.1, -0.05) is 25.5 Å². The van der Waals surface area contributed by atoms with Gasteiger partial charge in [0.2, 0.25) is 12.1 Å². The molecule has 3 fully saturated rings. The van der Waals surface area contributed by atoms with E-state index in [0.717, 1.165) is 12.0 Å². The maximum absolute atomic E-state index is 13.1. The topological polar surface area (TPSA) is 121 Å². The molecule has 3 aliphatic rings. The second-order valence-corrected chi connectivity index (χ2v) is 10.1. The van der Waals surface area contributed by atoms with Crippen molar-refractivity contribution in [2.75, 3.05) is 7.05 Å². The quantitative estimate of drug-likeness (QED) is 0.367. The van der Waals surface area contributed by atoms with Crippen LogP contribution < -0.4 is 5.32 Å². The van der Waals surface area contributed by atoms with Crippen LogP contribution in [0.2, 0.25) is 0 Å². The van der Waals surface area contributed by atoms with Crippen LogP contribution in [0.4, 0.5) is 4.39 Å². The molecule has 0 bridgehead atoms. The average Bonchev–Trinajstić information content (AvgIpc) is 2.79. The smallest absolute Gasteiger partial charge is 0.248 e. The summed E-state index contributed by atoms with van der Waals surface area (Å²) in [6.45, 7) is 3.68. The highest BCUT2D eigenvalue weighted by atomic mass is 19.1. The second-order valence-electron chi connectivity index (χ2n) is 10.1. The molecule has 0 unspecified atom stereocenters. The van der Waals surface area contributed by atoms with E-state index in [1.54, 1.807) is 26.1 Å². The first-order valence-electron chi connectivity index (χ1n) is 12.3. The number of halogens is 1. The number of fused-ring (bicyclic) bond motifs is 2. The Hall–Kier alpha value is -1.17. The number of benzene rings is 1. The SMILES string of the molecule is CC[C@@H]1[C@H](O)[C@H](NC)[C@H]2O[C@]3(O)[C@H](O[C@@H]2[C@H]1O)O[C@H](C)C[C@@]3(O)CCCCc1ccc(F)cc1. The number of aryl methyl sites for hydroxylation is 1. The Bertz CT molecular complexity index is 828. The van der Waals surface area contributed by atoms with Crippen molar-refractivity contribution in [3.05, 3.63) is 35.6 Å². The molecule has 9 heteroatoms. The number of ether oxygens (including phenoxy) is 3. The molecular formula is C25H38FNO7. The van der Waals surface area contributed by atoms with Gasteiger partial charge in [-0.3, -0.25) is 0 Å². The summed E-state index contributed by atoms with van der Waals surface area (Å²) in [5.74, 6) is -2.87. The van der Waals surface area contributed by atoms with Crippen LogP contribution in [0.1, 0.15) is 51.5 Å². The fraction of sp³-hybridized carbons (Fsp3) is 0.760. The van der Waals surface area contributed by atoms with Crippen molar-refractivity contribution >= 4 is 0 Å². The molecule has 0 aromatic heterocycles. The molecule has 4 rings (SSSR count). The fourth-order valence-corrected chi connectivity index (χ4v) is 5.93. The van der Waals surface area contributed by atoms with Crippen LogP contribution in [-0.2, 0) is 20.6 Å². The van der Waals surface area contributed by atoms with Crippen LogP contribution >= 0.6 is 0 Å². The predicted octanol–water partition coefficient (Wildman–Crippen LogP) is 1.23. The molecule has 192 valence electrons. The lowest BCUT2D eigenvalue weighted by Crippen LogP contribution is -2.78. The number of rotatable bonds is 7. The molecular weight excluding hydrogens is 445 g/mol. The van der Waals surface area contributed by atoms with Gasteiger partial charge in [0.1, 0.15) is 23.6 Å². The van der Waals surface area contributed by atoms with E-state index in [2.05, 4.69) is 5.32 Å². The molecule has 0 radical (unpaired) electrons. The van der Waals surface area contributed by atoms with Gasteiger partial charge in [-0.15, -0.1) is 0 Å². The molecule has 1 aromatic rings. The average molecular weight is 484 g/mol. The molecule has 1 aromatic carbocycles. The van der Waals surface area contributed by atoms with Gasteiger partial charge in [0.25, 0.3) is 0 Å². The first-order valence-corrected chi connectivity index (χ1v) is 12.3. The van der Waals surface area contributed by atoms with E-state index < -0.39 is 60.2 Å². The van der Waals surface area contributed by atoms with Crippen LogP contribution in [0.15, 0.2) is 24.3 Å². The Balaban J connectivity index is 1.50. The zero-order valence-electron chi connectivity index (χ0n) is 20.1. The van der Waals surface area contributed by atoms with Crippen LogP contribution in [0.5, 0.6) is 0 Å². The van der Waals surface area contributed by atoms with Crippen LogP contribution in [0.25, 0.3) is 0 Å². The summed E-state index contributed by atoms with van der Waals surface area (Å²) in [6, 6.07) is 5.72. The van der Waals surface area contributed by atoms with Crippen molar-refractivity contribution in [3.63, 3.8) is 0 Å². The molecule has 8 nitrogen and oxygen atoms in total. The maximum Gasteiger partial charge on any atom is 0.248 e. The lowest BCUT2D eigenvalue weighted by Gasteiger charge is -2.60. The van der Waals surface area contributed by atoms with E-state index in [9.17, 15) is 24.8 Å². The van der Waals surface area contributed by atoms with Gasteiger partial charge in [-0.05, 0) is 57.4 Å². The maximum atomic E-state index is 13.1. The van der Waals surface area contributed by atoms with Crippen molar-refractivity contribution < 1.29 is 39.0 Å². The highest BCUT2D eigenvalue weighted by Gasteiger charge is 2.68. The molecule has 5 N–H and O–H groups in total. The summed E-state index contributed by atoms with van der Waals surface area (Å²) in [5.41, 5.74) is -0.656. The highest BCUT2D eigenvalue weighted by Crippen LogP contribution is 2.49. The van der Waals surface area contributed by atoms with E-state index in [0.29, 0.717) is 19.3 Å². The Morgan fingerprint density at radius 3 is 2.41 bits per heavy atom. The second kappa shape index (κ2) is 10.1. The minimum Gasteiger partial charge on any atom is -0.391 e. The van der Waals surface area contributed by atoms with E-state index in [1.165, 1.54) is 12.1 Å². The number of nitrogens with one attached hydrogen (secondary N) is 1. The van der Waals surface area contributed by atoms with Gasteiger partial charge in [0, 0.05) is 12.3 Å². The lowest BCUT2D eigenvalue weighted by atomic mass is 9.73. The van der Waals surface area contributed by atoms with Gasteiger partial charge in [0.05, 0.1) is 24.4 Å². The van der Waals surface area contributed by atoms with E-state index in [4.69, 9.17) is 14.2 Å². The normalized spacial score (nSPS) is 44.4. The number of unbranched alkanes of at least 4 members (excludes halogenated alkanes) is 1. The monoisotopic (exact) mass is 483 g/mol. The molecule has 1 saturated carbocycles. The molecule has 34 heavy (non-hydrogen) atoms. The Morgan fingerprint density at radius 1 is 1.06 bits per heavy atom. The number of hydrogen-bond donors (Lipinski definition) is 5. The predicted molar refractivity (Wildman–Crippen MR) is 121 cm³/mol. The summed E-state index contributed by atoms with van der Waals surface area (Å²) < 4.78 is 31.2. The largest absolute Gasteiger partial charge is 0.391 e. The fourth-order valence-electron chi connectivity index (χ4n) is 5.93. The van der Waals surface area contributed by atoms with E-state index in [-0.39, 0.29) is 18.7 Å². The van der Waals surface area contributed by atoms with Crippen molar-refractivity contribution in [2.45, 2.75) is 107 Å². The molecule has 0 amide bonds. The summed E-state index contributed by atoms with van der Waals surface area (Å²) in [5, 5.41) is 48.1. The Morgan fingerprint density at radius 2 is 1.76 bits per heavy atom. The number of aliphatic hydroxyl groups excluding tert-OH is 2. The summed E-state index contributed by atoms with van der Waals surface area (Å²) in [7, 11) is 1.68. The minimum absolute atomic E-state index is 0.143. The molecule has 2 saturated heterocycles. The van der Waals surface area contributed by atoms with Crippen LogP contribution in [0.3, 0.4) is 0 Å². The lowest BCUT2D eigenvalue weighted by molar-refractivity contribution is -0.485. The Labute approximate surface area is 200 Å². The molecule has 0 spiro atoms. The summed E-state index contributed by atoms with van der Waals surface area (Å²) >= 11 is 0. The summed E-state index contributed by atoms with van der Waals surface area (Å²) in [4.78, 5) is 0. The van der Waals surface area contributed by atoms with Gasteiger partial charge in [0.15, 0.2) is 0 Å². The molecule has 2 heterocycles. The standard InChI is InChI=1S/C25H38FNO7/c1-4-17-19(28)18(27-3)21-22(20(17)29)33-23-25(31,34-21)24(30,13-14(2)32-23)12-6-5-7-15-8-10-16(26)11-9-15/h8-11,14,17-23,27-31H,4-7,12-13H2,1-3H3/t14-,17-,18+,19+,20+,21-,22-,23+,24+,25-/m1/s1. The molecule has 10 atom stereocenters. The Kier molecular flexibility index (Phi) is 7.67. The third-order valence-corrected chi connectivity index (χ3v) is 7.85. The van der Waals surface area contributed by atoms with Gasteiger partial charge in [-0.2, -0.15) is 0 Å². The number of hydrogen-bond acceptors (Lipinski definition) is 8. The van der Waals surface area contributed by atoms with Crippen LogP contribution in [0, 0.1) is 11.7 Å². The third-order valence-electron chi connectivity index (χ3n) is 7.85. The zero-order valence-corrected chi connectivity index (χ0v) is 20.1. The van der Waals surface area contributed by atoms with Crippen molar-refractivity contribution in [2.24, 2.45) is 5.92 Å². The number of likely N-dealkylation sites (N-methyl/N-ethyl adjacent to an activating group) is 1. The highest BCUT2D eigenvalue weighted by molar-refractivity contribution is 5.16. The van der Waals surface area contributed by atoms with Crippen molar-refractivity contribution in [3.8, 4) is 0 Å². The van der Waals surface area contributed by atoms with E-state index in [1.807, 2.05) is 6.92 Å². The first-order chi connectivity index (χ1) is 16.1. The molecule has 1 aliphatic carbocycles. The third kappa shape index (κ3) is 4.53.